The van der Waals surface area contributed by atoms with E-state index in [9.17, 15) is 10.1 Å². The molecule has 27 heavy (non-hydrogen) atoms. The van der Waals surface area contributed by atoms with Crippen LogP contribution in [0.1, 0.15) is 18.9 Å². The van der Waals surface area contributed by atoms with E-state index in [1.54, 1.807) is 23.5 Å². The van der Waals surface area contributed by atoms with Crippen LogP contribution >= 0.6 is 11.3 Å². The maximum Gasteiger partial charge on any atom is 0.269 e. The summed E-state index contributed by atoms with van der Waals surface area (Å²) in [5, 5.41) is 21.2. The maximum atomic E-state index is 10.8. The van der Waals surface area contributed by atoms with Gasteiger partial charge in [-0.1, -0.05) is 6.07 Å². The number of nitro benzene ring substituents is 1. The third-order valence-electron chi connectivity index (χ3n) is 4.82. The summed E-state index contributed by atoms with van der Waals surface area (Å²) in [5.74, 6) is 1.19. The van der Waals surface area contributed by atoms with Crippen LogP contribution in [0.4, 0.5) is 11.4 Å². The van der Waals surface area contributed by atoms with Crippen LogP contribution in [-0.4, -0.2) is 46.2 Å². The molecule has 1 fully saturated rings. The second-order valence-electron chi connectivity index (χ2n) is 6.40. The number of hydrogen-bond donors (Lipinski definition) is 0. The monoisotopic (exact) mass is 385 g/mol. The van der Waals surface area contributed by atoms with Gasteiger partial charge in [0.1, 0.15) is 0 Å². The van der Waals surface area contributed by atoms with E-state index in [-0.39, 0.29) is 16.7 Å². The molecular weight excluding hydrogens is 366 g/mol. The van der Waals surface area contributed by atoms with Crippen molar-refractivity contribution in [2.45, 2.75) is 13.0 Å². The van der Waals surface area contributed by atoms with E-state index in [1.165, 1.54) is 0 Å². The second-order valence-corrected chi connectivity index (χ2v) is 7.34. The third-order valence-corrected chi connectivity index (χ3v) is 5.68. The minimum atomic E-state index is -0.377. The summed E-state index contributed by atoms with van der Waals surface area (Å²) in [5.41, 5.74) is 1.12. The highest BCUT2D eigenvalue weighted by molar-refractivity contribution is 7.13. The Morgan fingerprint density at radius 1 is 1.15 bits per heavy atom. The Kier molecular flexibility index (Phi) is 4.87. The van der Waals surface area contributed by atoms with E-state index in [1.807, 2.05) is 29.6 Å². The van der Waals surface area contributed by atoms with Crippen LogP contribution in [0.25, 0.3) is 10.8 Å². The molecule has 1 aromatic carbocycles. The molecule has 1 aliphatic rings. The first-order chi connectivity index (χ1) is 13.1. The topological polar surface area (TPSA) is 88.5 Å². The molecule has 3 aromatic rings. The highest BCUT2D eigenvalue weighted by Crippen LogP contribution is 2.28. The van der Waals surface area contributed by atoms with Crippen LogP contribution in [0.5, 0.6) is 0 Å². The van der Waals surface area contributed by atoms with Gasteiger partial charge in [-0.05, 0) is 30.5 Å². The van der Waals surface area contributed by atoms with Crippen LogP contribution in [0, 0.1) is 10.1 Å². The quantitative estimate of drug-likeness (QED) is 0.490. The fourth-order valence-corrected chi connectivity index (χ4v) is 3.86. The fraction of sp³-hybridized carbons (Fsp3) is 0.333. The molecule has 0 spiro atoms. The maximum absolute atomic E-state index is 10.8. The van der Waals surface area contributed by atoms with Crippen molar-refractivity contribution in [3.8, 4) is 10.8 Å². The molecule has 0 aliphatic carbocycles. The van der Waals surface area contributed by atoms with Crippen molar-refractivity contribution in [1.29, 1.82) is 0 Å². The number of piperazine rings is 1. The van der Waals surface area contributed by atoms with Crippen molar-refractivity contribution in [1.82, 2.24) is 15.1 Å². The first-order valence-electron chi connectivity index (χ1n) is 8.72. The number of anilines is 1. The Labute approximate surface area is 160 Å². The smallest absolute Gasteiger partial charge is 0.269 e. The van der Waals surface area contributed by atoms with Crippen LogP contribution in [0.15, 0.2) is 46.2 Å². The predicted octanol–water partition coefficient (Wildman–Crippen LogP) is 3.59. The molecule has 1 aliphatic heterocycles. The highest BCUT2D eigenvalue weighted by Gasteiger charge is 2.26. The Balaban J connectivity index is 1.38. The molecule has 0 saturated carbocycles. The van der Waals surface area contributed by atoms with Crippen molar-refractivity contribution >= 4 is 22.7 Å². The van der Waals surface area contributed by atoms with E-state index in [0.717, 1.165) is 36.7 Å². The lowest BCUT2D eigenvalue weighted by molar-refractivity contribution is -0.384. The lowest BCUT2D eigenvalue weighted by atomic mass is 10.2. The van der Waals surface area contributed by atoms with Gasteiger partial charge in [0, 0.05) is 44.0 Å². The molecular formula is C18H19N5O3S. The average molecular weight is 385 g/mol. The Bertz CT molecular complexity index is 901. The summed E-state index contributed by atoms with van der Waals surface area (Å²) in [7, 11) is 0. The van der Waals surface area contributed by atoms with Gasteiger partial charge in [0.15, 0.2) is 0 Å². The largest absolute Gasteiger partial charge is 0.418 e. The van der Waals surface area contributed by atoms with Crippen LogP contribution < -0.4 is 4.90 Å². The molecule has 0 bridgehead atoms. The SMILES string of the molecule is C[C@H](c1nnc(-c2cccs2)o1)N1CCN(c2ccc([N+](=O)[O-])cc2)CC1. The van der Waals surface area contributed by atoms with E-state index in [0.29, 0.717) is 11.8 Å². The van der Waals surface area contributed by atoms with Crippen LogP contribution in [0.2, 0.25) is 0 Å². The van der Waals surface area contributed by atoms with Gasteiger partial charge in [-0.3, -0.25) is 15.0 Å². The number of nitrogens with zero attached hydrogens (tertiary/aromatic N) is 5. The summed E-state index contributed by atoms with van der Waals surface area (Å²) < 4.78 is 5.86. The molecule has 0 unspecified atom stereocenters. The first-order valence-corrected chi connectivity index (χ1v) is 9.60. The van der Waals surface area contributed by atoms with Crippen molar-refractivity contribution in [3.05, 3.63) is 57.8 Å². The zero-order valence-electron chi connectivity index (χ0n) is 14.8. The van der Waals surface area contributed by atoms with Crippen LogP contribution in [-0.2, 0) is 0 Å². The molecule has 9 heteroatoms. The van der Waals surface area contributed by atoms with Gasteiger partial charge in [-0.2, -0.15) is 0 Å². The normalized spacial score (nSPS) is 16.4. The third kappa shape index (κ3) is 3.69. The van der Waals surface area contributed by atoms with E-state index in [4.69, 9.17) is 4.42 Å². The van der Waals surface area contributed by atoms with Gasteiger partial charge >= 0.3 is 0 Å². The van der Waals surface area contributed by atoms with Crippen molar-refractivity contribution < 1.29 is 9.34 Å². The standard InChI is InChI=1S/C18H19N5O3S/c1-13(17-19-20-18(26-17)16-3-2-12-27-16)21-8-10-22(11-9-21)14-4-6-15(7-5-14)23(24)25/h2-7,12-13H,8-11H2,1H3/t13-/m1/s1. The number of aromatic nitrogens is 2. The summed E-state index contributed by atoms with van der Waals surface area (Å²) >= 11 is 1.58. The Hall–Kier alpha value is -2.78. The van der Waals surface area contributed by atoms with Gasteiger partial charge in [-0.15, -0.1) is 21.5 Å². The number of rotatable bonds is 5. The number of thiophene rings is 1. The zero-order chi connectivity index (χ0) is 18.8. The molecule has 8 nitrogen and oxygen atoms in total. The lowest BCUT2D eigenvalue weighted by Crippen LogP contribution is -2.47. The molecule has 1 saturated heterocycles. The highest BCUT2D eigenvalue weighted by atomic mass is 32.1. The molecule has 0 radical (unpaired) electrons. The average Bonchev–Trinajstić information content (AvgIpc) is 3.39. The van der Waals surface area contributed by atoms with Crippen LogP contribution in [0.3, 0.4) is 0 Å². The van der Waals surface area contributed by atoms with E-state index in [2.05, 4.69) is 26.9 Å². The minimum absolute atomic E-state index is 0.0465. The molecule has 3 heterocycles. The van der Waals surface area contributed by atoms with Gasteiger partial charge < -0.3 is 9.32 Å². The predicted molar refractivity (Wildman–Crippen MR) is 103 cm³/mol. The Morgan fingerprint density at radius 2 is 1.89 bits per heavy atom. The van der Waals surface area contributed by atoms with Gasteiger partial charge in [-0.25, -0.2) is 0 Å². The molecule has 4 rings (SSSR count). The Morgan fingerprint density at radius 3 is 2.52 bits per heavy atom. The van der Waals surface area contributed by atoms with Gasteiger partial charge in [0.05, 0.1) is 15.8 Å². The summed E-state index contributed by atoms with van der Waals surface area (Å²) in [6, 6.07) is 10.7. The summed E-state index contributed by atoms with van der Waals surface area (Å²) in [6.07, 6.45) is 0. The van der Waals surface area contributed by atoms with Crippen molar-refractivity contribution in [2.75, 3.05) is 31.1 Å². The van der Waals surface area contributed by atoms with E-state index < -0.39 is 0 Å². The number of non-ortho nitro benzene ring substituents is 1. The van der Waals surface area contributed by atoms with Crippen molar-refractivity contribution in [3.63, 3.8) is 0 Å². The summed E-state index contributed by atoms with van der Waals surface area (Å²) in [6.45, 7) is 5.47. The van der Waals surface area contributed by atoms with Crippen molar-refractivity contribution in [2.24, 2.45) is 0 Å². The van der Waals surface area contributed by atoms with Gasteiger partial charge in [0.2, 0.25) is 5.89 Å². The number of hydrogen-bond acceptors (Lipinski definition) is 8. The summed E-state index contributed by atoms with van der Waals surface area (Å²) in [4.78, 5) is 15.9. The molecule has 0 amide bonds. The zero-order valence-corrected chi connectivity index (χ0v) is 15.6. The first kappa shape index (κ1) is 17.6. The molecule has 0 N–H and O–H groups in total. The second kappa shape index (κ2) is 7.45. The van der Waals surface area contributed by atoms with E-state index >= 15 is 0 Å². The molecule has 2 aromatic heterocycles. The number of benzene rings is 1. The number of nitro groups is 1. The van der Waals surface area contributed by atoms with Gasteiger partial charge in [0.25, 0.3) is 11.6 Å². The minimum Gasteiger partial charge on any atom is -0.418 e. The molecule has 140 valence electrons. The lowest BCUT2D eigenvalue weighted by Gasteiger charge is -2.38. The fourth-order valence-electron chi connectivity index (χ4n) is 3.21. The molecule has 1 atom stereocenters.